The molecule has 1 atom stereocenters. The summed E-state index contributed by atoms with van der Waals surface area (Å²) < 4.78 is 0. The monoisotopic (exact) mass is 301 g/mol. The normalized spacial score (nSPS) is 17.4. The van der Waals surface area contributed by atoms with Crippen molar-refractivity contribution in [3.8, 4) is 0 Å². The molecule has 1 aromatic carbocycles. The van der Waals surface area contributed by atoms with E-state index in [-0.39, 0.29) is 12.1 Å². The summed E-state index contributed by atoms with van der Waals surface area (Å²) >= 11 is 1.65. The fourth-order valence-corrected chi connectivity index (χ4v) is 3.22. The van der Waals surface area contributed by atoms with Gasteiger partial charge in [-0.2, -0.15) is 0 Å². The van der Waals surface area contributed by atoms with Gasteiger partial charge in [-0.1, -0.05) is 30.3 Å². The van der Waals surface area contributed by atoms with Crippen LogP contribution in [-0.4, -0.2) is 29.0 Å². The molecule has 1 aliphatic rings. The second kappa shape index (κ2) is 6.26. The van der Waals surface area contributed by atoms with Crippen molar-refractivity contribution < 1.29 is 4.79 Å². The molecule has 0 radical (unpaired) electrons. The zero-order valence-electron chi connectivity index (χ0n) is 12.1. The summed E-state index contributed by atoms with van der Waals surface area (Å²) in [6.45, 7) is 3.47. The first-order valence-electron chi connectivity index (χ1n) is 7.24. The average molecular weight is 301 g/mol. The lowest BCUT2D eigenvalue weighted by Crippen LogP contribution is -2.50. The Morgan fingerprint density at radius 3 is 2.86 bits per heavy atom. The number of hydrogen-bond donors (Lipinski definition) is 1. The molecule has 1 saturated heterocycles. The molecule has 0 unspecified atom stereocenters. The van der Waals surface area contributed by atoms with E-state index in [2.05, 4.69) is 27.8 Å². The summed E-state index contributed by atoms with van der Waals surface area (Å²) in [6.07, 6.45) is 1.84. The minimum atomic E-state index is 0.0297. The number of urea groups is 1. The molecule has 2 amide bonds. The Labute approximate surface area is 128 Å². The Morgan fingerprint density at radius 1 is 1.43 bits per heavy atom. The number of aryl methyl sites for hydroxylation is 1. The minimum absolute atomic E-state index is 0.0297. The van der Waals surface area contributed by atoms with E-state index in [1.807, 2.05) is 30.0 Å². The number of hydrogen-bond acceptors (Lipinski definition) is 3. The van der Waals surface area contributed by atoms with E-state index in [4.69, 9.17) is 0 Å². The molecule has 1 aromatic heterocycles. The van der Waals surface area contributed by atoms with Crippen LogP contribution in [0.15, 0.2) is 35.7 Å². The van der Waals surface area contributed by atoms with E-state index in [0.29, 0.717) is 6.54 Å². The zero-order valence-corrected chi connectivity index (χ0v) is 12.9. The predicted molar refractivity (Wildman–Crippen MR) is 84.5 cm³/mol. The number of thiazole rings is 1. The molecule has 0 spiro atoms. The predicted octanol–water partition coefficient (Wildman–Crippen LogP) is 3.15. The first-order valence-corrected chi connectivity index (χ1v) is 8.12. The topological polar surface area (TPSA) is 45.2 Å². The highest BCUT2D eigenvalue weighted by molar-refractivity contribution is 7.09. The third-order valence-corrected chi connectivity index (χ3v) is 4.61. The lowest BCUT2D eigenvalue weighted by Gasteiger charge is -2.41. The van der Waals surface area contributed by atoms with Crippen LogP contribution in [0.25, 0.3) is 0 Å². The van der Waals surface area contributed by atoms with Gasteiger partial charge in [-0.25, -0.2) is 9.78 Å². The number of amides is 2. The Balaban J connectivity index is 1.49. The number of aromatic nitrogens is 1. The van der Waals surface area contributed by atoms with Crippen molar-refractivity contribution in [1.82, 2.24) is 15.2 Å². The second-order valence-corrected chi connectivity index (χ2v) is 6.31. The molecule has 0 bridgehead atoms. The van der Waals surface area contributed by atoms with Gasteiger partial charge in [-0.3, -0.25) is 0 Å². The molecule has 4 nitrogen and oxygen atoms in total. The quantitative estimate of drug-likeness (QED) is 0.943. The molecular formula is C16H19N3OS. The molecule has 110 valence electrons. The lowest BCUT2D eigenvalue weighted by molar-refractivity contribution is 0.115. The number of nitrogens with zero attached hydrogens (tertiary/aromatic N) is 2. The van der Waals surface area contributed by atoms with Crippen LogP contribution < -0.4 is 5.32 Å². The molecule has 2 aromatic rings. The molecule has 0 aliphatic carbocycles. The van der Waals surface area contributed by atoms with Gasteiger partial charge in [0.1, 0.15) is 0 Å². The summed E-state index contributed by atoms with van der Waals surface area (Å²) in [6, 6.07) is 10.5. The lowest BCUT2D eigenvalue weighted by atomic mass is 9.95. The van der Waals surface area contributed by atoms with Gasteiger partial charge in [0.05, 0.1) is 16.7 Å². The number of nitrogens with one attached hydrogen (secondary N) is 1. The van der Waals surface area contributed by atoms with Gasteiger partial charge >= 0.3 is 6.03 Å². The summed E-state index contributed by atoms with van der Waals surface area (Å²) in [4.78, 5) is 18.5. The maximum Gasteiger partial charge on any atom is 0.317 e. The van der Waals surface area contributed by atoms with E-state index in [1.54, 1.807) is 11.3 Å². The van der Waals surface area contributed by atoms with Crippen LogP contribution in [-0.2, 0) is 6.42 Å². The van der Waals surface area contributed by atoms with E-state index in [0.717, 1.165) is 30.1 Å². The summed E-state index contributed by atoms with van der Waals surface area (Å²) in [5, 5.41) is 6.12. The Kier molecular flexibility index (Phi) is 4.20. The Bertz CT molecular complexity index is 611. The van der Waals surface area contributed by atoms with Crippen LogP contribution in [0.5, 0.6) is 0 Å². The maximum atomic E-state index is 12.2. The summed E-state index contributed by atoms with van der Waals surface area (Å²) in [5.74, 6) is 0. The molecule has 5 heteroatoms. The van der Waals surface area contributed by atoms with Crippen molar-refractivity contribution in [1.29, 1.82) is 0 Å². The van der Waals surface area contributed by atoms with Crippen LogP contribution in [0.2, 0.25) is 0 Å². The molecular weight excluding hydrogens is 282 g/mol. The highest BCUT2D eigenvalue weighted by Gasteiger charge is 2.32. The molecule has 1 fully saturated rings. The standard InChI is InChI=1S/C16H19N3OS/c1-12-18-14(11-21-12)7-9-17-16(20)19-10-8-15(19)13-5-3-2-4-6-13/h2-6,11,15H,7-10H2,1H3,(H,17,20)/t15-/m1/s1. The van der Waals surface area contributed by atoms with Crippen LogP contribution in [0.3, 0.4) is 0 Å². The SMILES string of the molecule is Cc1nc(CCNC(=O)N2CC[C@@H]2c2ccccc2)cs1. The third-order valence-electron chi connectivity index (χ3n) is 3.79. The van der Waals surface area contributed by atoms with Crippen molar-refractivity contribution in [3.05, 3.63) is 52.0 Å². The third kappa shape index (κ3) is 3.24. The first-order chi connectivity index (χ1) is 10.2. The fraction of sp³-hybridized carbons (Fsp3) is 0.375. The minimum Gasteiger partial charge on any atom is -0.338 e. The van der Waals surface area contributed by atoms with Gasteiger partial charge in [-0.05, 0) is 18.9 Å². The summed E-state index contributed by atoms with van der Waals surface area (Å²) in [5.41, 5.74) is 2.27. The smallest absolute Gasteiger partial charge is 0.317 e. The number of benzene rings is 1. The number of rotatable bonds is 4. The van der Waals surface area contributed by atoms with E-state index < -0.39 is 0 Å². The highest BCUT2D eigenvalue weighted by atomic mass is 32.1. The molecule has 2 heterocycles. The first kappa shape index (κ1) is 14.1. The fourth-order valence-electron chi connectivity index (χ4n) is 2.57. The van der Waals surface area contributed by atoms with Crippen LogP contribution >= 0.6 is 11.3 Å². The second-order valence-electron chi connectivity index (χ2n) is 5.25. The molecule has 1 N–H and O–H groups in total. The van der Waals surface area contributed by atoms with Gasteiger partial charge in [0.2, 0.25) is 0 Å². The Morgan fingerprint density at radius 2 is 2.24 bits per heavy atom. The van der Waals surface area contributed by atoms with Gasteiger partial charge in [-0.15, -0.1) is 11.3 Å². The van der Waals surface area contributed by atoms with Gasteiger partial charge in [0.15, 0.2) is 0 Å². The highest BCUT2D eigenvalue weighted by Crippen LogP contribution is 2.32. The van der Waals surface area contributed by atoms with Crippen molar-refractivity contribution in [2.24, 2.45) is 0 Å². The zero-order chi connectivity index (χ0) is 14.7. The maximum absolute atomic E-state index is 12.2. The van der Waals surface area contributed by atoms with Gasteiger partial charge < -0.3 is 10.2 Å². The van der Waals surface area contributed by atoms with Gasteiger partial charge in [0, 0.05) is 24.9 Å². The largest absolute Gasteiger partial charge is 0.338 e. The number of carbonyl (C=O) groups excluding carboxylic acids is 1. The number of likely N-dealkylation sites (tertiary alicyclic amines) is 1. The van der Waals surface area contributed by atoms with Crippen molar-refractivity contribution >= 4 is 17.4 Å². The number of carbonyl (C=O) groups is 1. The summed E-state index contributed by atoms with van der Waals surface area (Å²) in [7, 11) is 0. The van der Waals surface area contributed by atoms with E-state index in [1.165, 1.54) is 5.56 Å². The van der Waals surface area contributed by atoms with E-state index in [9.17, 15) is 4.79 Å². The van der Waals surface area contributed by atoms with E-state index >= 15 is 0 Å². The molecule has 1 aliphatic heterocycles. The average Bonchev–Trinajstić information content (AvgIpc) is 2.84. The van der Waals surface area contributed by atoms with Crippen molar-refractivity contribution in [2.75, 3.05) is 13.1 Å². The van der Waals surface area contributed by atoms with Crippen LogP contribution in [0.1, 0.15) is 28.7 Å². The Hall–Kier alpha value is -1.88. The molecule has 21 heavy (non-hydrogen) atoms. The van der Waals surface area contributed by atoms with Gasteiger partial charge in [0.25, 0.3) is 0 Å². The van der Waals surface area contributed by atoms with Crippen LogP contribution in [0.4, 0.5) is 4.79 Å². The van der Waals surface area contributed by atoms with Crippen molar-refractivity contribution in [2.45, 2.75) is 25.8 Å². The van der Waals surface area contributed by atoms with Crippen LogP contribution in [0, 0.1) is 6.92 Å². The molecule has 0 saturated carbocycles. The molecule has 3 rings (SSSR count). The van der Waals surface area contributed by atoms with Crippen molar-refractivity contribution in [3.63, 3.8) is 0 Å².